The van der Waals surface area contributed by atoms with E-state index >= 15 is 0 Å². The first kappa shape index (κ1) is 17.7. The number of pyridine rings is 1. The van der Waals surface area contributed by atoms with Crippen molar-refractivity contribution in [2.24, 2.45) is 11.1 Å². The summed E-state index contributed by atoms with van der Waals surface area (Å²) in [6, 6.07) is 1.26. The fourth-order valence-corrected chi connectivity index (χ4v) is 3.45. The molecule has 3 N–H and O–H groups in total. The molecule has 0 aromatic carbocycles. The lowest BCUT2D eigenvalue weighted by Gasteiger charge is -2.42. The van der Waals surface area contributed by atoms with Gasteiger partial charge in [-0.25, -0.2) is 4.98 Å². The topological polar surface area (TPSA) is 88.3 Å². The number of carbonyl (C=O) groups is 2. The highest BCUT2D eigenvalue weighted by Crippen LogP contribution is 2.55. The standard InChI is InChI=1S/C16H19F3N4O2/c17-16(18,19)15(3-1-4-15)13(24)10-2-5-22-11(14(20)25)12(10)23-8-6-21-7-9-23/h2,5,21H,1,3-4,6-9H2,(H2,20,25). The van der Waals surface area contributed by atoms with E-state index in [1.807, 2.05) is 0 Å². The monoisotopic (exact) mass is 356 g/mol. The van der Waals surface area contributed by atoms with Crippen LogP contribution in [-0.4, -0.2) is 49.0 Å². The Hall–Kier alpha value is -2.16. The summed E-state index contributed by atoms with van der Waals surface area (Å²) in [4.78, 5) is 30.3. The molecule has 1 amide bonds. The van der Waals surface area contributed by atoms with Crippen LogP contribution in [0.4, 0.5) is 18.9 Å². The Morgan fingerprint density at radius 3 is 2.36 bits per heavy atom. The molecule has 0 unspecified atom stereocenters. The molecule has 0 atom stereocenters. The van der Waals surface area contributed by atoms with Crippen molar-refractivity contribution >= 4 is 17.4 Å². The van der Waals surface area contributed by atoms with Crippen molar-refractivity contribution in [1.82, 2.24) is 10.3 Å². The van der Waals surface area contributed by atoms with Crippen LogP contribution in [0.15, 0.2) is 12.3 Å². The van der Waals surface area contributed by atoms with Gasteiger partial charge in [0.25, 0.3) is 5.91 Å². The van der Waals surface area contributed by atoms with E-state index in [-0.39, 0.29) is 29.8 Å². The van der Waals surface area contributed by atoms with Crippen LogP contribution < -0.4 is 16.0 Å². The number of aromatic nitrogens is 1. The number of hydrogen-bond donors (Lipinski definition) is 2. The predicted octanol–water partition coefficient (Wildman–Crippen LogP) is 1.51. The van der Waals surface area contributed by atoms with Crippen LogP contribution in [0.5, 0.6) is 0 Å². The molecule has 25 heavy (non-hydrogen) atoms. The second-order valence-electron chi connectivity index (χ2n) is 6.42. The summed E-state index contributed by atoms with van der Waals surface area (Å²) in [5.41, 5.74) is 2.82. The molecule has 1 aromatic rings. The number of Topliss-reactive ketones (excluding diaryl/α,β-unsaturated/α-hetero) is 1. The summed E-state index contributed by atoms with van der Waals surface area (Å²) in [5, 5.41) is 3.12. The highest BCUT2D eigenvalue weighted by Gasteiger charge is 2.63. The van der Waals surface area contributed by atoms with Crippen molar-refractivity contribution in [1.29, 1.82) is 0 Å². The van der Waals surface area contributed by atoms with E-state index in [4.69, 9.17) is 5.73 Å². The van der Waals surface area contributed by atoms with Crippen LogP contribution in [-0.2, 0) is 0 Å². The first-order chi connectivity index (χ1) is 11.8. The van der Waals surface area contributed by atoms with Gasteiger partial charge in [0.15, 0.2) is 11.5 Å². The number of halogens is 3. The molecule has 9 heteroatoms. The second kappa shape index (κ2) is 6.29. The first-order valence-corrected chi connectivity index (χ1v) is 8.14. The van der Waals surface area contributed by atoms with Crippen LogP contribution in [0.3, 0.4) is 0 Å². The molecule has 1 aromatic heterocycles. The number of hydrogen-bond acceptors (Lipinski definition) is 5. The number of anilines is 1. The quantitative estimate of drug-likeness (QED) is 0.799. The number of nitrogens with zero attached hydrogens (tertiary/aromatic N) is 2. The second-order valence-corrected chi connectivity index (χ2v) is 6.42. The number of ketones is 1. The van der Waals surface area contributed by atoms with Gasteiger partial charge in [-0.2, -0.15) is 13.2 Å². The van der Waals surface area contributed by atoms with Crippen LogP contribution >= 0.6 is 0 Å². The van der Waals surface area contributed by atoms with Crippen LogP contribution in [0.2, 0.25) is 0 Å². The van der Waals surface area contributed by atoms with Crippen molar-refractivity contribution in [2.45, 2.75) is 25.4 Å². The minimum absolute atomic E-state index is 0.122. The zero-order chi connectivity index (χ0) is 18.2. The van der Waals surface area contributed by atoms with Gasteiger partial charge in [-0.15, -0.1) is 0 Å². The van der Waals surface area contributed by atoms with Crippen LogP contribution in [0.1, 0.15) is 40.1 Å². The fraction of sp³-hybridized carbons (Fsp3) is 0.562. The molecule has 6 nitrogen and oxygen atoms in total. The van der Waals surface area contributed by atoms with Gasteiger partial charge in [0.1, 0.15) is 5.41 Å². The SMILES string of the molecule is NC(=O)c1nccc(C(=O)C2(C(F)(F)F)CCC2)c1N1CCNCC1. The molecule has 1 aliphatic carbocycles. The maximum Gasteiger partial charge on any atom is 0.401 e. The number of nitrogens with two attached hydrogens (primary N) is 1. The van der Waals surface area contributed by atoms with Crippen molar-refractivity contribution in [2.75, 3.05) is 31.1 Å². The van der Waals surface area contributed by atoms with Crippen LogP contribution in [0, 0.1) is 5.41 Å². The maximum atomic E-state index is 13.6. The summed E-state index contributed by atoms with van der Waals surface area (Å²) in [7, 11) is 0. The van der Waals surface area contributed by atoms with Crippen molar-refractivity contribution in [3.8, 4) is 0 Å². The maximum absolute atomic E-state index is 13.6. The van der Waals surface area contributed by atoms with E-state index < -0.39 is 23.3 Å². The Morgan fingerprint density at radius 2 is 1.88 bits per heavy atom. The number of amides is 1. The van der Waals surface area contributed by atoms with Gasteiger partial charge >= 0.3 is 6.18 Å². The number of nitrogens with one attached hydrogen (secondary N) is 1. The summed E-state index contributed by atoms with van der Waals surface area (Å²) < 4.78 is 40.7. The summed E-state index contributed by atoms with van der Waals surface area (Å²) >= 11 is 0. The van der Waals surface area contributed by atoms with E-state index in [1.54, 1.807) is 4.90 Å². The molecule has 2 heterocycles. The Labute approximate surface area is 142 Å². The third-order valence-corrected chi connectivity index (χ3v) is 5.02. The molecule has 136 valence electrons. The average molecular weight is 356 g/mol. The third-order valence-electron chi connectivity index (χ3n) is 5.02. The summed E-state index contributed by atoms with van der Waals surface area (Å²) in [6.45, 7) is 2.08. The van der Waals surface area contributed by atoms with Gasteiger partial charge < -0.3 is 16.0 Å². The number of primary amides is 1. The van der Waals surface area contributed by atoms with Gasteiger partial charge in [-0.3, -0.25) is 9.59 Å². The lowest BCUT2D eigenvalue weighted by Crippen LogP contribution is -2.51. The molecule has 2 fully saturated rings. The molecular weight excluding hydrogens is 337 g/mol. The molecule has 3 rings (SSSR count). The normalized spacial score (nSPS) is 20.0. The molecule has 0 spiro atoms. The Kier molecular flexibility index (Phi) is 4.44. The van der Waals surface area contributed by atoms with Gasteiger partial charge in [0, 0.05) is 37.9 Å². The summed E-state index contributed by atoms with van der Waals surface area (Å²) in [6.07, 6.45) is -3.57. The molecule has 1 saturated carbocycles. The van der Waals surface area contributed by atoms with Gasteiger partial charge in [0.05, 0.1) is 5.69 Å². The predicted molar refractivity (Wildman–Crippen MR) is 84.5 cm³/mol. The minimum Gasteiger partial charge on any atom is -0.366 e. The van der Waals surface area contributed by atoms with Crippen molar-refractivity contribution in [3.05, 3.63) is 23.5 Å². The largest absolute Gasteiger partial charge is 0.401 e. The van der Waals surface area contributed by atoms with Crippen molar-refractivity contribution in [3.63, 3.8) is 0 Å². The molecule has 0 radical (unpaired) electrons. The molecule has 1 aliphatic heterocycles. The number of alkyl halides is 3. The minimum atomic E-state index is -4.63. The summed E-state index contributed by atoms with van der Waals surface area (Å²) in [5.74, 6) is -1.86. The molecule has 0 bridgehead atoms. The smallest absolute Gasteiger partial charge is 0.366 e. The third kappa shape index (κ3) is 2.86. The highest BCUT2D eigenvalue weighted by molar-refractivity contribution is 6.10. The lowest BCUT2D eigenvalue weighted by atomic mass is 9.63. The number of carbonyl (C=O) groups excluding carboxylic acids is 2. The van der Waals surface area contributed by atoms with Gasteiger partial charge in [0.2, 0.25) is 0 Å². The molecule has 1 saturated heterocycles. The van der Waals surface area contributed by atoms with E-state index in [1.165, 1.54) is 12.3 Å². The Balaban J connectivity index is 2.11. The lowest BCUT2D eigenvalue weighted by molar-refractivity contribution is -0.227. The zero-order valence-electron chi connectivity index (χ0n) is 13.5. The van der Waals surface area contributed by atoms with E-state index in [9.17, 15) is 22.8 Å². The average Bonchev–Trinajstić information content (AvgIpc) is 2.52. The van der Waals surface area contributed by atoms with E-state index in [0.717, 1.165) is 0 Å². The first-order valence-electron chi connectivity index (χ1n) is 8.14. The van der Waals surface area contributed by atoms with Gasteiger partial charge in [-0.1, -0.05) is 6.42 Å². The highest BCUT2D eigenvalue weighted by atomic mass is 19.4. The Morgan fingerprint density at radius 1 is 1.24 bits per heavy atom. The number of rotatable bonds is 4. The Bertz CT molecular complexity index is 695. The zero-order valence-corrected chi connectivity index (χ0v) is 13.5. The van der Waals surface area contributed by atoms with Crippen molar-refractivity contribution < 1.29 is 22.8 Å². The fourth-order valence-electron chi connectivity index (χ4n) is 3.45. The van der Waals surface area contributed by atoms with Gasteiger partial charge in [-0.05, 0) is 18.9 Å². The van der Waals surface area contributed by atoms with E-state index in [0.29, 0.717) is 32.6 Å². The number of piperazine rings is 1. The van der Waals surface area contributed by atoms with E-state index in [2.05, 4.69) is 10.3 Å². The van der Waals surface area contributed by atoms with Crippen LogP contribution in [0.25, 0.3) is 0 Å². The molecular formula is C16H19F3N4O2. The molecule has 2 aliphatic rings.